The molecule has 1 amide bonds. The van der Waals surface area contributed by atoms with E-state index in [1.54, 1.807) is 12.1 Å². The lowest BCUT2D eigenvalue weighted by atomic mass is 9.73. The molecule has 2 aliphatic rings. The topological polar surface area (TPSA) is 61.4 Å². The average Bonchev–Trinajstić information content (AvgIpc) is 2.87. The number of amides is 1. The van der Waals surface area contributed by atoms with Crippen LogP contribution in [0.3, 0.4) is 0 Å². The van der Waals surface area contributed by atoms with Crippen LogP contribution < -0.4 is 15.5 Å². The molecule has 174 valence electrons. The normalized spacial score (nSPS) is 19.5. The number of fused-ring (bicyclic) bond motifs is 1. The molecule has 2 aromatic carbocycles. The molecule has 1 heterocycles. The summed E-state index contributed by atoms with van der Waals surface area (Å²) in [5, 5.41) is 6.52. The Morgan fingerprint density at radius 3 is 2.55 bits per heavy atom. The summed E-state index contributed by atoms with van der Waals surface area (Å²) in [6.45, 7) is 8.95. The number of carbonyl (C=O) groups excluding carboxylic acids is 2. The van der Waals surface area contributed by atoms with Crippen LogP contribution in [0.5, 0.6) is 0 Å². The van der Waals surface area contributed by atoms with E-state index in [-0.39, 0.29) is 29.5 Å². The van der Waals surface area contributed by atoms with Crippen molar-refractivity contribution in [2.75, 3.05) is 23.3 Å². The summed E-state index contributed by atoms with van der Waals surface area (Å²) in [7, 11) is 0. The molecular formula is C27H32FN3O2. The van der Waals surface area contributed by atoms with E-state index < -0.39 is 6.04 Å². The van der Waals surface area contributed by atoms with Crippen LogP contribution in [0.1, 0.15) is 52.1 Å². The lowest BCUT2D eigenvalue weighted by Crippen LogP contribution is -2.42. The van der Waals surface area contributed by atoms with Gasteiger partial charge in [-0.25, -0.2) is 4.39 Å². The monoisotopic (exact) mass is 449 g/mol. The minimum atomic E-state index is -0.495. The predicted molar refractivity (Wildman–Crippen MR) is 129 cm³/mol. The third-order valence-electron chi connectivity index (χ3n) is 6.21. The van der Waals surface area contributed by atoms with Crippen LogP contribution in [0, 0.1) is 17.2 Å². The van der Waals surface area contributed by atoms with Gasteiger partial charge in [-0.2, -0.15) is 0 Å². The molecule has 0 aromatic heterocycles. The molecule has 0 unspecified atom stereocenters. The first kappa shape index (κ1) is 23.0. The number of ketones is 1. The van der Waals surface area contributed by atoms with Gasteiger partial charge in [-0.1, -0.05) is 52.0 Å². The molecule has 33 heavy (non-hydrogen) atoms. The molecule has 5 nitrogen and oxygen atoms in total. The van der Waals surface area contributed by atoms with E-state index in [4.69, 9.17) is 0 Å². The zero-order valence-corrected chi connectivity index (χ0v) is 19.7. The van der Waals surface area contributed by atoms with Crippen molar-refractivity contribution in [3.8, 4) is 0 Å². The Kier molecular flexibility index (Phi) is 6.28. The summed E-state index contributed by atoms with van der Waals surface area (Å²) in [5.41, 5.74) is 3.85. The molecule has 0 saturated heterocycles. The first-order valence-electron chi connectivity index (χ1n) is 11.6. The van der Waals surface area contributed by atoms with Crippen molar-refractivity contribution in [1.29, 1.82) is 0 Å². The van der Waals surface area contributed by atoms with Crippen molar-refractivity contribution in [3.05, 3.63) is 71.2 Å². The van der Waals surface area contributed by atoms with E-state index in [9.17, 15) is 14.0 Å². The van der Waals surface area contributed by atoms with Crippen molar-refractivity contribution < 1.29 is 14.0 Å². The van der Waals surface area contributed by atoms with Gasteiger partial charge < -0.3 is 15.5 Å². The quantitative estimate of drug-likeness (QED) is 0.658. The van der Waals surface area contributed by atoms with Gasteiger partial charge in [0.15, 0.2) is 5.78 Å². The third-order valence-corrected chi connectivity index (χ3v) is 6.21. The second-order valence-corrected chi connectivity index (χ2v) is 10.3. The summed E-state index contributed by atoms with van der Waals surface area (Å²) < 4.78 is 13.8. The average molecular weight is 450 g/mol. The zero-order chi connectivity index (χ0) is 23.8. The Hall–Kier alpha value is -3.15. The highest BCUT2D eigenvalue weighted by Crippen LogP contribution is 2.48. The number of anilines is 2. The summed E-state index contributed by atoms with van der Waals surface area (Å²) in [6.07, 6.45) is 1.14. The van der Waals surface area contributed by atoms with Crippen LogP contribution in [-0.4, -0.2) is 24.8 Å². The smallest absolute Gasteiger partial charge is 0.239 e. The number of para-hydroxylation sites is 2. The minimum absolute atomic E-state index is 0.0588. The molecule has 0 fully saturated rings. The maximum absolute atomic E-state index is 13.8. The van der Waals surface area contributed by atoms with Crippen molar-refractivity contribution >= 4 is 23.1 Å². The molecule has 0 radical (unpaired) electrons. The van der Waals surface area contributed by atoms with Crippen molar-refractivity contribution in [2.45, 2.75) is 46.6 Å². The number of Topliss-reactive ketones (excluding diaryl/α,β-unsaturated/α-hetero) is 1. The van der Waals surface area contributed by atoms with E-state index >= 15 is 0 Å². The Labute approximate surface area is 195 Å². The van der Waals surface area contributed by atoms with Gasteiger partial charge in [-0.05, 0) is 47.6 Å². The van der Waals surface area contributed by atoms with Gasteiger partial charge in [0, 0.05) is 24.2 Å². The minimum Gasteiger partial charge on any atom is -0.357 e. The fraction of sp³-hybridized carbons (Fsp3) is 0.407. The van der Waals surface area contributed by atoms with Gasteiger partial charge in [0.1, 0.15) is 5.82 Å². The van der Waals surface area contributed by atoms with E-state index in [1.807, 2.05) is 43.0 Å². The van der Waals surface area contributed by atoms with E-state index in [0.717, 1.165) is 22.6 Å². The fourth-order valence-corrected chi connectivity index (χ4v) is 4.75. The molecule has 1 aliphatic heterocycles. The summed E-state index contributed by atoms with van der Waals surface area (Å²) in [5.74, 6) is -0.0597. The molecule has 2 N–H and O–H groups in total. The first-order chi connectivity index (χ1) is 15.6. The predicted octanol–water partition coefficient (Wildman–Crippen LogP) is 5.21. The Balaban J connectivity index is 1.87. The Bertz CT molecular complexity index is 1090. The molecule has 1 atom stereocenters. The van der Waals surface area contributed by atoms with Gasteiger partial charge in [-0.3, -0.25) is 9.59 Å². The van der Waals surface area contributed by atoms with Crippen LogP contribution in [0.2, 0.25) is 0 Å². The standard InChI is InChI=1S/C27H32FN3O2/c1-17(2)15-29-24(33)16-31-22-8-6-5-7-20(22)30-21-13-27(3,4)14-23(32)25(21)26(31)18-9-11-19(28)12-10-18/h5-12,17,26,30H,13-16H2,1-4H3,(H,29,33)/t26-/m1/s1. The molecule has 0 bridgehead atoms. The van der Waals surface area contributed by atoms with Gasteiger partial charge in [-0.15, -0.1) is 0 Å². The summed E-state index contributed by atoms with van der Waals surface area (Å²) in [6, 6.07) is 13.6. The zero-order valence-electron chi connectivity index (χ0n) is 19.7. The van der Waals surface area contributed by atoms with Gasteiger partial charge >= 0.3 is 0 Å². The second kappa shape index (κ2) is 9.00. The number of hydrogen-bond acceptors (Lipinski definition) is 4. The maximum Gasteiger partial charge on any atom is 0.239 e. The van der Waals surface area contributed by atoms with Crippen molar-refractivity contribution in [1.82, 2.24) is 5.32 Å². The van der Waals surface area contributed by atoms with Crippen LogP contribution in [-0.2, 0) is 9.59 Å². The van der Waals surface area contributed by atoms with Crippen molar-refractivity contribution in [3.63, 3.8) is 0 Å². The number of halogens is 1. The number of nitrogens with one attached hydrogen (secondary N) is 2. The van der Waals surface area contributed by atoms with Gasteiger partial charge in [0.2, 0.25) is 5.91 Å². The number of benzene rings is 2. The Morgan fingerprint density at radius 2 is 1.85 bits per heavy atom. The molecule has 4 rings (SSSR count). The number of allylic oxidation sites excluding steroid dienone is 1. The van der Waals surface area contributed by atoms with E-state index in [1.165, 1.54) is 12.1 Å². The molecule has 0 saturated carbocycles. The summed E-state index contributed by atoms with van der Waals surface area (Å²) in [4.78, 5) is 28.5. The molecule has 6 heteroatoms. The largest absolute Gasteiger partial charge is 0.357 e. The Morgan fingerprint density at radius 1 is 1.15 bits per heavy atom. The highest BCUT2D eigenvalue weighted by atomic mass is 19.1. The molecule has 1 aliphatic carbocycles. The van der Waals surface area contributed by atoms with Crippen LogP contribution in [0.25, 0.3) is 0 Å². The number of rotatable bonds is 5. The highest BCUT2D eigenvalue weighted by Gasteiger charge is 2.41. The fourth-order valence-electron chi connectivity index (χ4n) is 4.75. The van der Waals surface area contributed by atoms with E-state index in [0.29, 0.717) is 30.9 Å². The number of nitrogens with zero attached hydrogens (tertiary/aromatic N) is 1. The molecule has 2 aromatic rings. The SMILES string of the molecule is CC(C)CNC(=O)CN1c2ccccc2NC2=C(C(=O)CC(C)(C)C2)[C@H]1c1ccc(F)cc1. The molecule has 0 spiro atoms. The van der Waals surface area contributed by atoms with Crippen LogP contribution in [0.15, 0.2) is 59.8 Å². The number of carbonyl (C=O) groups is 2. The van der Waals surface area contributed by atoms with Crippen molar-refractivity contribution in [2.24, 2.45) is 11.3 Å². The third kappa shape index (κ3) is 4.95. The van der Waals surface area contributed by atoms with Gasteiger partial charge in [0.25, 0.3) is 0 Å². The first-order valence-corrected chi connectivity index (χ1v) is 11.6. The van der Waals surface area contributed by atoms with E-state index in [2.05, 4.69) is 24.5 Å². The molecular weight excluding hydrogens is 417 g/mol. The number of hydrogen-bond donors (Lipinski definition) is 2. The van der Waals surface area contributed by atoms with Crippen LogP contribution >= 0.6 is 0 Å². The highest BCUT2D eigenvalue weighted by molar-refractivity contribution is 6.01. The summed E-state index contributed by atoms with van der Waals surface area (Å²) >= 11 is 0. The lowest BCUT2D eigenvalue weighted by Gasteiger charge is -2.37. The van der Waals surface area contributed by atoms with Crippen LogP contribution in [0.4, 0.5) is 15.8 Å². The maximum atomic E-state index is 13.8. The second-order valence-electron chi connectivity index (χ2n) is 10.3. The lowest BCUT2D eigenvalue weighted by molar-refractivity contribution is -0.120. The van der Waals surface area contributed by atoms with Gasteiger partial charge in [0.05, 0.1) is 24.0 Å².